The Morgan fingerprint density at radius 2 is 1.40 bits per heavy atom. The van der Waals surface area contributed by atoms with Crippen LogP contribution < -0.4 is 4.90 Å². The van der Waals surface area contributed by atoms with Gasteiger partial charge in [-0.1, -0.05) is 23.9 Å². The minimum Gasteiger partial charge on any atom is -0.396 e. The number of fused-ring (bicyclic) bond motifs is 2. The number of aliphatic hydroxyl groups excluding tert-OH is 2. The first kappa shape index (κ1) is 18.3. The van der Waals surface area contributed by atoms with E-state index in [0.29, 0.717) is 0 Å². The minimum atomic E-state index is 0.273. The van der Waals surface area contributed by atoms with E-state index in [9.17, 15) is 0 Å². The SMILES string of the molecule is CN1c2ccc(CCCCO)cc2Sc2ccc(CCCCO)cc21. The van der Waals surface area contributed by atoms with Gasteiger partial charge in [0, 0.05) is 30.1 Å². The monoisotopic (exact) mass is 357 g/mol. The summed E-state index contributed by atoms with van der Waals surface area (Å²) in [5, 5.41) is 17.9. The third-order valence-corrected chi connectivity index (χ3v) is 5.85. The Morgan fingerprint density at radius 3 is 2.08 bits per heavy atom. The van der Waals surface area contributed by atoms with Gasteiger partial charge in [-0.05, 0) is 73.9 Å². The Kier molecular flexibility index (Phi) is 6.40. The van der Waals surface area contributed by atoms with Crippen molar-refractivity contribution in [1.82, 2.24) is 0 Å². The van der Waals surface area contributed by atoms with Crippen molar-refractivity contribution in [2.45, 2.75) is 48.3 Å². The summed E-state index contributed by atoms with van der Waals surface area (Å²) in [5.41, 5.74) is 5.21. The summed E-state index contributed by atoms with van der Waals surface area (Å²) >= 11 is 1.85. The highest BCUT2D eigenvalue weighted by molar-refractivity contribution is 7.99. The van der Waals surface area contributed by atoms with Gasteiger partial charge in [0.1, 0.15) is 0 Å². The second kappa shape index (κ2) is 8.75. The number of aliphatic hydroxyl groups is 2. The topological polar surface area (TPSA) is 43.7 Å². The van der Waals surface area contributed by atoms with Crippen LogP contribution in [0.1, 0.15) is 36.8 Å². The zero-order valence-corrected chi connectivity index (χ0v) is 15.7. The van der Waals surface area contributed by atoms with Gasteiger partial charge >= 0.3 is 0 Å². The molecule has 0 saturated carbocycles. The number of rotatable bonds is 8. The smallest absolute Gasteiger partial charge is 0.0552 e. The standard InChI is InChI=1S/C21H27NO2S/c1-22-18-10-8-17(7-3-5-13-24)15-21(18)25-20-11-9-16(14-19(20)22)6-2-4-12-23/h8-11,14-15,23-24H,2-7,12-13H2,1H3. The van der Waals surface area contributed by atoms with Crippen molar-refractivity contribution in [3.05, 3.63) is 47.5 Å². The largest absolute Gasteiger partial charge is 0.396 e. The van der Waals surface area contributed by atoms with Crippen LogP contribution in [0.15, 0.2) is 46.2 Å². The van der Waals surface area contributed by atoms with E-state index >= 15 is 0 Å². The van der Waals surface area contributed by atoms with Crippen LogP contribution in [0.2, 0.25) is 0 Å². The summed E-state index contributed by atoms with van der Waals surface area (Å²) in [5.74, 6) is 0. The Balaban J connectivity index is 1.77. The lowest BCUT2D eigenvalue weighted by Crippen LogP contribution is -2.15. The van der Waals surface area contributed by atoms with Gasteiger partial charge in [-0.25, -0.2) is 0 Å². The van der Waals surface area contributed by atoms with Gasteiger partial charge in [0.15, 0.2) is 0 Å². The maximum Gasteiger partial charge on any atom is 0.0552 e. The molecular formula is C21H27NO2S. The molecule has 3 nitrogen and oxygen atoms in total. The molecule has 0 fully saturated rings. The highest BCUT2D eigenvalue weighted by atomic mass is 32.2. The number of hydrogen-bond donors (Lipinski definition) is 2. The van der Waals surface area contributed by atoms with E-state index in [4.69, 9.17) is 10.2 Å². The highest BCUT2D eigenvalue weighted by Gasteiger charge is 2.21. The number of nitrogens with zero attached hydrogens (tertiary/aromatic N) is 1. The molecule has 0 saturated heterocycles. The normalized spacial score (nSPS) is 12.8. The van der Waals surface area contributed by atoms with Crippen molar-refractivity contribution >= 4 is 23.1 Å². The highest BCUT2D eigenvalue weighted by Crippen LogP contribution is 2.48. The summed E-state index contributed by atoms with van der Waals surface area (Å²) in [6.07, 6.45) is 5.83. The van der Waals surface area contributed by atoms with Crippen molar-refractivity contribution in [3.63, 3.8) is 0 Å². The fourth-order valence-electron chi connectivity index (χ4n) is 3.27. The van der Waals surface area contributed by atoms with Crippen LogP contribution in [0.4, 0.5) is 11.4 Å². The second-order valence-electron chi connectivity index (χ2n) is 6.63. The Labute approximate surface area is 154 Å². The molecule has 0 aliphatic carbocycles. The molecule has 2 aromatic carbocycles. The Bertz CT molecular complexity index is 717. The number of hydrogen-bond acceptors (Lipinski definition) is 4. The molecule has 2 aromatic rings. The van der Waals surface area contributed by atoms with Gasteiger partial charge < -0.3 is 15.1 Å². The predicted octanol–water partition coefficient (Wildman–Crippen LogP) is 4.55. The number of unbranched alkanes of at least 4 members (excludes halogenated alkanes) is 2. The minimum absolute atomic E-state index is 0.273. The van der Waals surface area contributed by atoms with Crippen LogP contribution in [0, 0.1) is 0 Å². The van der Waals surface area contributed by atoms with E-state index in [1.807, 2.05) is 11.8 Å². The number of benzene rings is 2. The molecule has 0 bridgehead atoms. The first-order valence-electron chi connectivity index (χ1n) is 9.12. The van der Waals surface area contributed by atoms with E-state index in [0.717, 1.165) is 38.5 Å². The molecule has 2 N–H and O–H groups in total. The fourth-order valence-corrected chi connectivity index (χ4v) is 4.46. The zero-order chi connectivity index (χ0) is 17.6. The van der Waals surface area contributed by atoms with Crippen molar-refractivity contribution < 1.29 is 10.2 Å². The average Bonchev–Trinajstić information content (AvgIpc) is 2.63. The molecular weight excluding hydrogens is 330 g/mol. The van der Waals surface area contributed by atoms with Crippen LogP contribution in [0.25, 0.3) is 0 Å². The fraction of sp³-hybridized carbons (Fsp3) is 0.429. The van der Waals surface area contributed by atoms with Gasteiger partial charge in [-0.2, -0.15) is 0 Å². The van der Waals surface area contributed by atoms with Crippen molar-refractivity contribution in [2.24, 2.45) is 0 Å². The summed E-state index contributed by atoms with van der Waals surface area (Å²) in [6, 6.07) is 13.5. The molecule has 0 radical (unpaired) electrons. The Morgan fingerprint density at radius 1 is 0.760 bits per heavy atom. The van der Waals surface area contributed by atoms with Crippen LogP contribution in [-0.4, -0.2) is 30.5 Å². The van der Waals surface area contributed by atoms with Crippen LogP contribution in [0.5, 0.6) is 0 Å². The van der Waals surface area contributed by atoms with E-state index in [-0.39, 0.29) is 13.2 Å². The maximum absolute atomic E-state index is 8.95. The summed E-state index contributed by atoms with van der Waals surface area (Å²) in [7, 11) is 2.14. The van der Waals surface area contributed by atoms with E-state index in [2.05, 4.69) is 48.3 Å². The van der Waals surface area contributed by atoms with Crippen LogP contribution in [-0.2, 0) is 12.8 Å². The van der Waals surface area contributed by atoms with Crippen molar-refractivity contribution in [2.75, 3.05) is 25.2 Å². The van der Waals surface area contributed by atoms with E-state index in [1.54, 1.807) is 0 Å². The first-order chi connectivity index (χ1) is 12.2. The molecule has 25 heavy (non-hydrogen) atoms. The van der Waals surface area contributed by atoms with E-state index < -0.39 is 0 Å². The second-order valence-corrected chi connectivity index (χ2v) is 7.71. The molecule has 1 aliphatic rings. The average molecular weight is 358 g/mol. The summed E-state index contributed by atoms with van der Waals surface area (Å²) in [4.78, 5) is 4.90. The first-order valence-corrected chi connectivity index (χ1v) is 9.93. The van der Waals surface area contributed by atoms with Gasteiger partial charge in [0.25, 0.3) is 0 Å². The summed E-state index contributed by atoms with van der Waals surface area (Å²) < 4.78 is 0. The third kappa shape index (κ3) is 4.38. The molecule has 1 aliphatic heterocycles. The third-order valence-electron chi connectivity index (χ3n) is 4.74. The molecule has 0 atom stereocenters. The molecule has 134 valence electrons. The lowest BCUT2D eigenvalue weighted by Gasteiger charge is -2.30. The lowest BCUT2D eigenvalue weighted by atomic mass is 10.1. The summed E-state index contributed by atoms with van der Waals surface area (Å²) in [6.45, 7) is 0.547. The predicted molar refractivity (Wildman–Crippen MR) is 105 cm³/mol. The zero-order valence-electron chi connectivity index (χ0n) is 14.9. The van der Waals surface area contributed by atoms with Gasteiger partial charge in [-0.15, -0.1) is 0 Å². The molecule has 4 heteroatoms. The van der Waals surface area contributed by atoms with Gasteiger partial charge in [0.2, 0.25) is 0 Å². The number of aryl methyl sites for hydroxylation is 2. The van der Waals surface area contributed by atoms with Crippen molar-refractivity contribution in [1.29, 1.82) is 0 Å². The molecule has 0 unspecified atom stereocenters. The maximum atomic E-state index is 8.95. The quantitative estimate of drug-likeness (QED) is 0.680. The molecule has 1 heterocycles. The molecule has 3 rings (SSSR count). The molecule has 0 aromatic heterocycles. The lowest BCUT2D eigenvalue weighted by molar-refractivity contribution is 0.284. The Hall–Kier alpha value is -1.49. The van der Waals surface area contributed by atoms with Gasteiger partial charge in [0.05, 0.1) is 11.4 Å². The van der Waals surface area contributed by atoms with Crippen LogP contribution >= 0.6 is 11.8 Å². The van der Waals surface area contributed by atoms with E-state index in [1.165, 1.54) is 32.3 Å². The molecule has 0 spiro atoms. The van der Waals surface area contributed by atoms with Crippen LogP contribution in [0.3, 0.4) is 0 Å². The van der Waals surface area contributed by atoms with Crippen molar-refractivity contribution in [3.8, 4) is 0 Å². The van der Waals surface area contributed by atoms with Gasteiger partial charge in [-0.3, -0.25) is 0 Å². The number of anilines is 2. The molecule has 0 amide bonds.